The molecule has 0 atom stereocenters. The fourth-order valence-corrected chi connectivity index (χ4v) is 2.64. The van der Waals surface area contributed by atoms with Crippen LogP contribution in [-0.4, -0.2) is 27.0 Å². The van der Waals surface area contributed by atoms with Gasteiger partial charge in [0.25, 0.3) is 5.91 Å². The summed E-state index contributed by atoms with van der Waals surface area (Å²) in [6.45, 7) is 0. The number of anilines is 2. The number of thiol groups is 1. The zero-order chi connectivity index (χ0) is 16.6. The molecule has 0 saturated heterocycles. The second kappa shape index (κ2) is 5.98. The summed E-state index contributed by atoms with van der Waals surface area (Å²) in [5.41, 5.74) is 6.68. The zero-order valence-corrected chi connectivity index (χ0v) is 13.6. The number of benzene rings is 1. The Morgan fingerprint density at radius 1 is 1.39 bits per heavy atom. The molecule has 3 aromatic rings. The molecule has 2 heterocycles. The summed E-state index contributed by atoms with van der Waals surface area (Å²) in [6, 6.07) is 6.86. The summed E-state index contributed by atoms with van der Waals surface area (Å²) in [5.74, 6) is 0.183. The molecule has 23 heavy (non-hydrogen) atoms. The van der Waals surface area contributed by atoms with Crippen molar-refractivity contribution in [2.24, 2.45) is 5.73 Å². The van der Waals surface area contributed by atoms with Gasteiger partial charge in [-0.05, 0) is 29.8 Å². The molecule has 7 nitrogen and oxygen atoms in total. The third-order valence-corrected chi connectivity index (χ3v) is 3.74. The first-order valence-corrected chi connectivity index (χ1v) is 7.26. The first kappa shape index (κ1) is 15.4. The lowest BCUT2D eigenvalue weighted by molar-refractivity contribution is 0.0998. The molecule has 3 rings (SSSR count). The molecule has 0 aliphatic carbocycles. The number of primary amides is 1. The van der Waals surface area contributed by atoms with Gasteiger partial charge in [0.1, 0.15) is 17.1 Å². The number of nitrogens with zero attached hydrogens (tertiary/aromatic N) is 3. The molecule has 0 spiro atoms. The van der Waals surface area contributed by atoms with Crippen LogP contribution in [0.25, 0.3) is 11.0 Å². The van der Waals surface area contributed by atoms with E-state index in [1.807, 2.05) is 0 Å². The van der Waals surface area contributed by atoms with Gasteiger partial charge in [-0.2, -0.15) is 9.97 Å². The standard InChI is InChI=1S/C14H12ClN5O2S/c1-22-9-4-2-3-8(10(9)11(16)21)17-12-7-5-6-20(23)13(7)19-14(15)18-12/h2-6,23H,1H3,(H2,16,21)(H,17,18,19). The molecule has 118 valence electrons. The van der Waals surface area contributed by atoms with E-state index in [4.69, 9.17) is 22.1 Å². The van der Waals surface area contributed by atoms with E-state index >= 15 is 0 Å². The minimum Gasteiger partial charge on any atom is -0.496 e. The number of aromatic nitrogens is 3. The molecule has 3 N–H and O–H groups in total. The van der Waals surface area contributed by atoms with E-state index in [0.717, 1.165) is 0 Å². The summed E-state index contributed by atoms with van der Waals surface area (Å²) in [7, 11) is 1.46. The van der Waals surface area contributed by atoms with Gasteiger partial charge in [0.05, 0.1) is 18.2 Å². The van der Waals surface area contributed by atoms with E-state index in [1.54, 1.807) is 30.5 Å². The number of hydrogen-bond donors (Lipinski definition) is 3. The highest BCUT2D eigenvalue weighted by molar-refractivity contribution is 7.78. The molecule has 0 fully saturated rings. The lowest BCUT2D eigenvalue weighted by Crippen LogP contribution is -2.15. The normalized spacial score (nSPS) is 10.7. The van der Waals surface area contributed by atoms with Crippen LogP contribution in [0.5, 0.6) is 5.75 Å². The van der Waals surface area contributed by atoms with Gasteiger partial charge >= 0.3 is 0 Å². The number of methoxy groups -OCH3 is 1. The van der Waals surface area contributed by atoms with Crippen molar-refractivity contribution in [3.05, 3.63) is 41.3 Å². The number of halogens is 1. The fourth-order valence-electron chi connectivity index (χ4n) is 2.26. The summed E-state index contributed by atoms with van der Waals surface area (Å²) in [5, 5.41) is 3.81. The number of fused-ring (bicyclic) bond motifs is 1. The Bertz CT molecular complexity index is 912. The number of amides is 1. The van der Waals surface area contributed by atoms with Crippen molar-refractivity contribution in [1.29, 1.82) is 0 Å². The quantitative estimate of drug-likeness (QED) is 0.497. The van der Waals surface area contributed by atoms with Gasteiger partial charge in [-0.15, -0.1) is 0 Å². The summed E-state index contributed by atoms with van der Waals surface area (Å²) in [4.78, 5) is 20.0. The zero-order valence-electron chi connectivity index (χ0n) is 11.9. The maximum absolute atomic E-state index is 11.8. The SMILES string of the molecule is COc1cccc(Nc2nc(Cl)nc3c2ccn3S)c1C(N)=O. The largest absolute Gasteiger partial charge is 0.496 e. The Kier molecular flexibility index (Phi) is 4.01. The highest BCUT2D eigenvalue weighted by Gasteiger charge is 2.17. The van der Waals surface area contributed by atoms with Gasteiger partial charge in [-0.3, -0.25) is 8.77 Å². The third kappa shape index (κ3) is 2.78. The number of nitrogens with two attached hydrogens (primary N) is 1. The molecule has 1 aromatic carbocycles. The predicted molar refractivity (Wildman–Crippen MR) is 91.7 cm³/mol. The lowest BCUT2D eigenvalue weighted by Gasteiger charge is -2.13. The van der Waals surface area contributed by atoms with E-state index in [1.165, 1.54) is 11.1 Å². The van der Waals surface area contributed by atoms with Crippen LogP contribution in [0.2, 0.25) is 5.28 Å². The minimum atomic E-state index is -0.617. The Hall–Kier alpha value is -2.45. The minimum absolute atomic E-state index is 0.0533. The van der Waals surface area contributed by atoms with E-state index in [2.05, 4.69) is 28.1 Å². The van der Waals surface area contributed by atoms with Gasteiger partial charge in [-0.25, -0.2) is 0 Å². The molecule has 1 amide bonds. The van der Waals surface area contributed by atoms with Gasteiger partial charge in [0.2, 0.25) is 5.28 Å². The predicted octanol–water partition coefficient (Wildman–Crippen LogP) is 2.63. The van der Waals surface area contributed by atoms with Crippen LogP contribution in [0.15, 0.2) is 30.5 Å². The van der Waals surface area contributed by atoms with Crippen LogP contribution in [-0.2, 0) is 0 Å². The van der Waals surface area contributed by atoms with Crippen molar-refractivity contribution in [2.75, 3.05) is 12.4 Å². The van der Waals surface area contributed by atoms with Gasteiger partial charge in [-0.1, -0.05) is 18.9 Å². The number of carbonyl (C=O) groups excluding carboxylic acids is 1. The van der Waals surface area contributed by atoms with Crippen LogP contribution in [0, 0.1) is 0 Å². The van der Waals surface area contributed by atoms with Crippen molar-refractivity contribution in [3.63, 3.8) is 0 Å². The Balaban J connectivity index is 2.15. The average molecular weight is 350 g/mol. The van der Waals surface area contributed by atoms with Gasteiger partial charge < -0.3 is 15.8 Å². The van der Waals surface area contributed by atoms with Crippen molar-refractivity contribution in [1.82, 2.24) is 13.9 Å². The second-order valence-electron chi connectivity index (χ2n) is 4.61. The van der Waals surface area contributed by atoms with E-state index in [9.17, 15) is 4.79 Å². The Labute approximate surface area is 142 Å². The van der Waals surface area contributed by atoms with Crippen LogP contribution >= 0.6 is 24.4 Å². The fraction of sp³-hybridized carbons (Fsp3) is 0.0714. The third-order valence-electron chi connectivity index (χ3n) is 3.24. The smallest absolute Gasteiger partial charge is 0.254 e. The van der Waals surface area contributed by atoms with Crippen LogP contribution in [0.4, 0.5) is 11.5 Å². The number of hydrogen-bond acceptors (Lipinski definition) is 6. The summed E-state index contributed by atoms with van der Waals surface area (Å²) >= 11 is 10.2. The van der Waals surface area contributed by atoms with Crippen LogP contribution in [0.3, 0.4) is 0 Å². The van der Waals surface area contributed by atoms with Gasteiger partial charge in [0, 0.05) is 6.20 Å². The highest BCUT2D eigenvalue weighted by Crippen LogP contribution is 2.31. The topological polar surface area (TPSA) is 95.1 Å². The molecule has 0 bridgehead atoms. The average Bonchev–Trinajstić information content (AvgIpc) is 2.88. The number of rotatable bonds is 4. The maximum atomic E-state index is 11.8. The molecular weight excluding hydrogens is 338 g/mol. The van der Waals surface area contributed by atoms with Crippen molar-refractivity contribution in [3.8, 4) is 5.75 Å². The first-order valence-electron chi connectivity index (χ1n) is 6.49. The van der Waals surface area contributed by atoms with E-state index in [-0.39, 0.29) is 10.8 Å². The monoisotopic (exact) mass is 349 g/mol. The molecule has 2 aromatic heterocycles. The van der Waals surface area contributed by atoms with Crippen molar-refractivity contribution >= 4 is 52.9 Å². The number of carbonyl (C=O) groups is 1. The number of nitrogens with one attached hydrogen (secondary N) is 1. The number of ether oxygens (including phenoxy) is 1. The first-order chi connectivity index (χ1) is 11.0. The Morgan fingerprint density at radius 3 is 2.87 bits per heavy atom. The van der Waals surface area contributed by atoms with E-state index in [0.29, 0.717) is 28.3 Å². The highest BCUT2D eigenvalue weighted by atomic mass is 35.5. The van der Waals surface area contributed by atoms with Crippen molar-refractivity contribution in [2.45, 2.75) is 0 Å². The molecule has 9 heteroatoms. The summed E-state index contributed by atoms with van der Waals surface area (Å²) in [6.07, 6.45) is 1.71. The second-order valence-corrected chi connectivity index (χ2v) is 5.38. The maximum Gasteiger partial charge on any atom is 0.254 e. The van der Waals surface area contributed by atoms with Gasteiger partial charge in [0.15, 0.2) is 5.65 Å². The molecule has 0 unspecified atom stereocenters. The molecule has 0 aliphatic heterocycles. The summed E-state index contributed by atoms with van der Waals surface area (Å²) < 4.78 is 6.71. The molecular formula is C14H12ClN5O2S. The molecule has 0 saturated carbocycles. The molecule has 0 radical (unpaired) electrons. The van der Waals surface area contributed by atoms with Crippen LogP contribution < -0.4 is 15.8 Å². The van der Waals surface area contributed by atoms with Crippen molar-refractivity contribution < 1.29 is 9.53 Å². The van der Waals surface area contributed by atoms with Crippen LogP contribution in [0.1, 0.15) is 10.4 Å². The van der Waals surface area contributed by atoms with E-state index < -0.39 is 5.91 Å². The Morgan fingerprint density at radius 2 is 2.17 bits per heavy atom. The molecule has 0 aliphatic rings. The lowest BCUT2D eigenvalue weighted by atomic mass is 10.1.